The zero-order valence-corrected chi connectivity index (χ0v) is 11.7. The van der Waals surface area contributed by atoms with Crippen molar-refractivity contribution in [2.75, 3.05) is 6.61 Å². The number of rotatable bonds is 2. The maximum absolute atomic E-state index is 10.0. The Morgan fingerprint density at radius 3 is 2.65 bits per heavy atom. The number of benzene rings is 1. The summed E-state index contributed by atoms with van der Waals surface area (Å²) >= 11 is 12.0. The first-order valence-electron chi connectivity index (χ1n) is 5.98. The van der Waals surface area contributed by atoms with Crippen LogP contribution in [0.2, 0.25) is 10.3 Å². The summed E-state index contributed by atoms with van der Waals surface area (Å²) in [4.78, 5) is 4.14. The molecule has 1 aromatic heterocycles. The average Bonchev–Trinajstić information content (AvgIpc) is 2.87. The molecule has 0 aliphatic carbocycles. The molecule has 0 radical (unpaired) electrons. The number of aromatic nitrogens is 2. The van der Waals surface area contributed by atoms with Crippen molar-refractivity contribution >= 4 is 34.2 Å². The highest BCUT2D eigenvalue weighted by atomic mass is 35.5. The van der Waals surface area contributed by atoms with Crippen LogP contribution in [0.15, 0.2) is 18.2 Å². The predicted octanol–water partition coefficient (Wildman–Crippen LogP) is 0.955. The van der Waals surface area contributed by atoms with Crippen LogP contribution in [0.1, 0.15) is 6.23 Å². The van der Waals surface area contributed by atoms with E-state index in [0.29, 0.717) is 16.1 Å². The molecule has 1 aliphatic heterocycles. The average molecular weight is 319 g/mol. The SMILES string of the molecule is OC[C@H]1OC(n2c(Cl)nc3cc(Cl)ccc32)[C@H](O)[C@@H]1O. The van der Waals surface area contributed by atoms with E-state index in [9.17, 15) is 10.2 Å². The zero-order valence-electron chi connectivity index (χ0n) is 10.1. The van der Waals surface area contributed by atoms with E-state index in [0.717, 1.165) is 0 Å². The summed E-state index contributed by atoms with van der Waals surface area (Å²) in [5, 5.41) is 29.6. The number of aliphatic hydroxyl groups is 3. The van der Waals surface area contributed by atoms with E-state index < -0.39 is 31.1 Å². The summed E-state index contributed by atoms with van der Waals surface area (Å²) in [6, 6.07) is 5.01. The second-order valence-electron chi connectivity index (χ2n) is 4.61. The molecule has 8 heteroatoms. The van der Waals surface area contributed by atoms with Gasteiger partial charge in [0.05, 0.1) is 17.6 Å². The molecule has 108 valence electrons. The van der Waals surface area contributed by atoms with Crippen LogP contribution in [-0.4, -0.2) is 49.8 Å². The van der Waals surface area contributed by atoms with Crippen LogP contribution < -0.4 is 0 Å². The molecule has 6 nitrogen and oxygen atoms in total. The Hall–Kier alpha value is -0.890. The minimum Gasteiger partial charge on any atom is -0.394 e. The fraction of sp³-hybridized carbons (Fsp3) is 0.417. The molecule has 0 amide bonds. The minimum absolute atomic E-state index is 0.108. The minimum atomic E-state index is -1.21. The lowest BCUT2D eigenvalue weighted by Gasteiger charge is -2.18. The number of hydrogen-bond acceptors (Lipinski definition) is 5. The standard InChI is InChI=1S/C12H12Cl2N2O4/c13-5-1-2-7-6(3-5)15-12(14)16(7)11-10(19)9(18)8(4-17)20-11/h1-3,8-11,17-19H,4H2/t8-,9-,10-,11?/m1/s1. The van der Waals surface area contributed by atoms with Gasteiger partial charge in [0, 0.05) is 5.02 Å². The van der Waals surface area contributed by atoms with Crippen LogP contribution in [0.3, 0.4) is 0 Å². The first-order valence-corrected chi connectivity index (χ1v) is 6.74. The Morgan fingerprint density at radius 1 is 1.25 bits per heavy atom. The van der Waals surface area contributed by atoms with Crippen LogP contribution in [0.25, 0.3) is 11.0 Å². The molecule has 2 heterocycles. The molecule has 0 bridgehead atoms. The van der Waals surface area contributed by atoms with Crippen molar-refractivity contribution in [3.05, 3.63) is 28.5 Å². The molecular weight excluding hydrogens is 307 g/mol. The molecule has 0 spiro atoms. The first-order chi connectivity index (χ1) is 9.52. The van der Waals surface area contributed by atoms with E-state index in [4.69, 9.17) is 33.0 Å². The largest absolute Gasteiger partial charge is 0.394 e. The molecule has 1 unspecified atom stereocenters. The summed E-state index contributed by atoms with van der Waals surface area (Å²) in [5.74, 6) is 0. The van der Waals surface area contributed by atoms with E-state index >= 15 is 0 Å². The highest BCUT2D eigenvalue weighted by Crippen LogP contribution is 2.35. The van der Waals surface area contributed by atoms with Gasteiger partial charge in [0.1, 0.15) is 18.3 Å². The molecule has 20 heavy (non-hydrogen) atoms. The van der Waals surface area contributed by atoms with Crippen molar-refractivity contribution in [3.63, 3.8) is 0 Å². The number of ether oxygens (including phenoxy) is 1. The molecule has 1 aliphatic rings. The van der Waals surface area contributed by atoms with Gasteiger partial charge in [-0.2, -0.15) is 0 Å². The van der Waals surface area contributed by atoms with Gasteiger partial charge in [-0.05, 0) is 29.8 Å². The normalized spacial score (nSPS) is 30.2. The topological polar surface area (TPSA) is 87.7 Å². The summed E-state index contributed by atoms with van der Waals surface area (Å²) < 4.78 is 6.92. The number of aliphatic hydroxyl groups excluding tert-OH is 3. The molecular formula is C12H12Cl2N2O4. The van der Waals surface area contributed by atoms with Crippen LogP contribution in [0.4, 0.5) is 0 Å². The molecule has 0 saturated carbocycles. The Morgan fingerprint density at radius 2 is 2.00 bits per heavy atom. The Bertz CT molecular complexity index is 648. The summed E-state index contributed by atoms with van der Waals surface area (Å²) in [5.41, 5.74) is 1.18. The van der Waals surface area contributed by atoms with E-state index in [-0.39, 0.29) is 5.28 Å². The summed E-state index contributed by atoms with van der Waals surface area (Å²) in [7, 11) is 0. The Labute approximate surface area is 124 Å². The monoisotopic (exact) mass is 318 g/mol. The van der Waals surface area contributed by atoms with Gasteiger partial charge in [-0.3, -0.25) is 4.57 Å². The zero-order chi connectivity index (χ0) is 14.4. The predicted molar refractivity (Wildman–Crippen MR) is 72.8 cm³/mol. The lowest BCUT2D eigenvalue weighted by atomic mass is 10.1. The molecule has 1 saturated heterocycles. The summed E-state index contributed by atoms with van der Waals surface area (Å²) in [6.45, 7) is -0.398. The molecule has 4 atom stereocenters. The van der Waals surface area contributed by atoms with Crippen molar-refractivity contribution < 1.29 is 20.1 Å². The van der Waals surface area contributed by atoms with E-state index in [2.05, 4.69) is 4.98 Å². The Kier molecular flexibility index (Phi) is 3.62. The van der Waals surface area contributed by atoms with Gasteiger partial charge in [0.25, 0.3) is 0 Å². The van der Waals surface area contributed by atoms with E-state index in [1.165, 1.54) is 4.57 Å². The van der Waals surface area contributed by atoms with Crippen molar-refractivity contribution in [3.8, 4) is 0 Å². The van der Waals surface area contributed by atoms with Gasteiger partial charge in [0.15, 0.2) is 6.23 Å². The van der Waals surface area contributed by atoms with Crippen LogP contribution in [-0.2, 0) is 4.74 Å². The van der Waals surface area contributed by atoms with Crippen molar-refractivity contribution in [1.29, 1.82) is 0 Å². The fourth-order valence-electron chi connectivity index (χ4n) is 2.38. The van der Waals surface area contributed by atoms with Crippen molar-refractivity contribution in [2.45, 2.75) is 24.5 Å². The number of halogens is 2. The molecule has 1 fully saturated rings. The third-order valence-corrected chi connectivity index (χ3v) is 3.88. The van der Waals surface area contributed by atoms with Crippen molar-refractivity contribution in [2.24, 2.45) is 0 Å². The second kappa shape index (κ2) is 5.14. The van der Waals surface area contributed by atoms with Crippen molar-refractivity contribution in [1.82, 2.24) is 9.55 Å². The number of fused-ring (bicyclic) bond motifs is 1. The third kappa shape index (κ3) is 2.09. The van der Waals surface area contributed by atoms with Gasteiger partial charge in [-0.25, -0.2) is 4.98 Å². The van der Waals surface area contributed by atoms with Crippen LogP contribution in [0, 0.1) is 0 Å². The smallest absolute Gasteiger partial charge is 0.206 e. The fourth-order valence-corrected chi connectivity index (χ4v) is 2.82. The first kappa shape index (κ1) is 14.1. The number of hydrogen-bond donors (Lipinski definition) is 3. The molecule has 1 aromatic carbocycles. The molecule has 3 N–H and O–H groups in total. The lowest BCUT2D eigenvalue weighted by molar-refractivity contribution is -0.0507. The molecule has 2 aromatic rings. The third-order valence-electron chi connectivity index (χ3n) is 3.38. The highest BCUT2D eigenvalue weighted by Gasteiger charge is 2.44. The van der Waals surface area contributed by atoms with Gasteiger partial charge in [-0.1, -0.05) is 11.6 Å². The van der Waals surface area contributed by atoms with E-state index in [1.807, 2.05) is 0 Å². The van der Waals surface area contributed by atoms with E-state index in [1.54, 1.807) is 18.2 Å². The number of imidazole rings is 1. The maximum atomic E-state index is 10.0. The molecule has 3 rings (SSSR count). The summed E-state index contributed by atoms with van der Waals surface area (Å²) in [6.07, 6.45) is -4.18. The number of nitrogens with zero attached hydrogens (tertiary/aromatic N) is 2. The van der Waals surface area contributed by atoms with Gasteiger partial charge in [0.2, 0.25) is 5.28 Å². The Balaban J connectivity index is 2.08. The van der Waals surface area contributed by atoms with Gasteiger partial charge >= 0.3 is 0 Å². The second-order valence-corrected chi connectivity index (χ2v) is 5.39. The highest BCUT2D eigenvalue weighted by molar-refractivity contribution is 6.31. The van der Waals surface area contributed by atoms with Gasteiger partial charge in [-0.15, -0.1) is 0 Å². The van der Waals surface area contributed by atoms with Crippen LogP contribution in [0.5, 0.6) is 0 Å². The lowest BCUT2D eigenvalue weighted by Crippen LogP contribution is -2.33. The van der Waals surface area contributed by atoms with Crippen LogP contribution >= 0.6 is 23.2 Å². The quantitative estimate of drug-likeness (QED) is 0.767. The van der Waals surface area contributed by atoms with Gasteiger partial charge < -0.3 is 20.1 Å². The maximum Gasteiger partial charge on any atom is 0.206 e.